The number of benzene rings is 1. The summed E-state index contributed by atoms with van der Waals surface area (Å²) in [5.74, 6) is -0.0554. The summed E-state index contributed by atoms with van der Waals surface area (Å²) in [5.41, 5.74) is 0.678. The molecule has 1 N–H and O–H groups in total. The van der Waals surface area contributed by atoms with E-state index in [4.69, 9.17) is 20.4 Å². The van der Waals surface area contributed by atoms with Gasteiger partial charge in [0.05, 0.1) is 10.8 Å². The number of aromatic nitrogens is 1. The Hall–Kier alpha value is -2.12. The Balaban J connectivity index is 1.30. The number of imide groups is 1. The van der Waals surface area contributed by atoms with E-state index >= 15 is 0 Å². The third kappa shape index (κ3) is 2.20. The highest BCUT2D eigenvalue weighted by atomic mass is 79.9. The van der Waals surface area contributed by atoms with E-state index in [9.17, 15) is 9.59 Å². The molecule has 0 radical (unpaired) electrons. The molecular weight excluding hydrogens is 424 g/mol. The number of rotatable bonds is 3. The fourth-order valence-electron chi connectivity index (χ4n) is 4.12. The molecule has 6 rings (SSSR count). The van der Waals surface area contributed by atoms with E-state index in [1.54, 1.807) is 24.3 Å². The molecule has 3 saturated carbocycles. The van der Waals surface area contributed by atoms with Crippen LogP contribution in [-0.2, 0) is 10.2 Å². The van der Waals surface area contributed by atoms with Crippen LogP contribution in [0.4, 0.5) is 0 Å². The van der Waals surface area contributed by atoms with E-state index in [0.29, 0.717) is 45.9 Å². The molecule has 2 heterocycles. The zero-order valence-corrected chi connectivity index (χ0v) is 15.7. The zero-order valence-electron chi connectivity index (χ0n) is 13.3. The van der Waals surface area contributed by atoms with Crippen LogP contribution < -0.4 is 5.32 Å². The lowest BCUT2D eigenvalue weighted by molar-refractivity contribution is -0.179. The highest BCUT2D eigenvalue weighted by molar-refractivity contribution is 9.10. The minimum Gasteiger partial charge on any atom is -0.444 e. The Morgan fingerprint density at radius 2 is 1.92 bits per heavy atom. The van der Waals surface area contributed by atoms with Crippen molar-refractivity contribution in [3.8, 4) is 0 Å². The Bertz CT molecular complexity index is 1070. The van der Waals surface area contributed by atoms with Gasteiger partial charge in [-0.2, -0.15) is 0 Å². The van der Waals surface area contributed by atoms with Crippen LogP contribution in [0.25, 0.3) is 11.1 Å². The SMILES string of the molecule is O=C(NC(=O)C12CC(c3nc4cc(Cl)ccc4o3)(C1)C2)c1ccc(Br)o1. The molecular formula is C18H12BrClN2O4. The van der Waals surface area contributed by atoms with E-state index in [2.05, 4.69) is 26.2 Å². The lowest BCUT2D eigenvalue weighted by atomic mass is 9.34. The molecule has 3 aliphatic carbocycles. The normalized spacial score (nSPS) is 26.2. The van der Waals surface area contributed by atoms with Gasteiger partial charge in [0.15, 0.2) is 16.0 Å². The van der Waals surface area contributed by atoms with E-state index in [1.165, 1.54) is 6.07 Å². The molecule has 132 valence electrons. The summed E-state index contributed by atoms with van der Waals surface area (Å²) in [4.78, 5) is 29.1. The maximum absolute atomic E-state index is 12.5. The second-order valence-electron chi connectivity index (χ2n) is 7.11. The first-order valence-electron chi connectivity index (χ1n) is 8.07. The number of fused-ring (bicyclic) bond motifs is 1. The fourth-order valence-corrected chi connectivity index (χ4v) is 4.59. The molecule has 26 heavy (non-hydrogen) atoms. The third-order valence-corrected chi connectivity index (χ3v) is 6.00. The molecule has 2 bridgehead atoms. The average Bonchev–Trinajstić information content (AvgIpc) is 3.10. The second-order valence-corrected chi connectivity index (χ2v) is 8.33. The molecule has 0 spiro atoms. The number of carbonyl (C=O) groups is 2. The minimum absolute atomic E-state index is 0.0994. The standard InChI is InChI=1S/C18H12BrClN2O4/c19-13-4-3-12(25-13)14(23)22-15(24)17-6-18(7-17,8-17)16-21-10-5-9(20)1-2-11(10)26-16/h1-5H,6-8H2,(H,22,23,24). The van der Waals surface area contributed by atoms with Crippen molar-refractivity contribution in [1.29, 1.82) is 0 Å². The van der Waals surface area contributed by atoms with Gasteiger partial charge in [-0.15, -0.1) is 0 Å². The molecule has 3 aliphatic rings. The van der Waals surface area contributed by atoms with Crippen LogP contribution in [0, 0.1) is 5.41 Å². The van der Waals surface area contributed by atoms with Crippen LogP contribution in [0.15, 0.2) is 43.8 Å². The van der Waals surface area contributed by atoms with Gasteiger partial charge in [0.2, 0.25) is 11.8 Å². The van der Waals surface area contributed by atoms with E-state index in [1.807, 2.05) is 0 Å². The van der Waals surface area contributed by atoms with Crippen molar-refractivity contribution < 1.29 is 18.4 Å². The number of oxazole rings is 1. The molecule has 3 aromatic rings. The van der Waals surface area contributed by atoms with Gasteiger partial charge in [-0.05, 0) is 65.5 Å². The van der Waals surface area contributed by atoms with Gasteiger partial charge >= 0.3 is 0 Å². The van der Waals surface area contributed by atoms with E-state index in [-0.39, 0.29) is 17.1 Å². The van der Waals surface area contributed by atoms with Crippen molar-refractivity contribution in [3.05, 3.63) is 51.7 Å². The molecule has 2 amide bonds. The lowest BCUT2D eigenvalue weighted by Gasteiger charge is -2.67. The number of nitrogens with zero attached hydrogens (tertiary/aromatic N) is 1. The lowest BCUT2D eigenvalue weighted by Crippen LogP contribution is -2.70. The third-order valence-electron chi connectivity index (χ3n) is 5.34. The highest BCUT2D eigenvalue weighted by Gasteiger charge is 2.74. The van der Waals surface area contributed by atoms with Gasteiger partial charge in [0.25, 0.3) is 5.91 Å². The molecule has 0 aliphatic heterocycles. The van der Waals surface area contributed by atoms with Crippen molar-refractivity contribution in [3.63, 3.8) is 0 Å². The number of nitrogens with one attached hydrogen (secondary N) is 1. The highest BCUT2D eigenvalue weighted by Crippen LogP contribution is 2.73. The van der Waals surface area contributed by atoms with Gasteiger partial charge in [0.1, 0.15) is 5.52 Å². The van der Waals surface area contributed by atoms with Crippen molar-refractivity contribution >= 4 is 50.4 Å². The van der Waals surface area contributed by atoms with Crippen LogP contribution >= 0.6 is 27.5 Å². The van der Waals surface area contributed by atoms with E-state index in [0.717, 1.165) is 0 Å². The molecule has 3 fully saturated rings. The summed E-state index contributed by atoms with van der Waals surface area (Å²) in [5, 5.41) is 3.04. The Morgan fingerprint density at radius 3 is 2.62 bits per heavy atom. The number of hydrogen-bond donors (Lipinski definition) is 1. The Labute approximate surface area is 161 Å². The van der Waals surface area contributed by atoms with Gasteiger partial charge < -0.3 is 8.83 Å². The maximum Gasteiger partial charge on any atom is 0.293 e. The van der Waals surface area contributed by atoms with Gasteiger partial charge in [0, 0.05) is 5.02 Å². The molecule has 6 nitrogen and oxygen atoms in total. The van der Waals surface area contributed by atoms with Gasteiger partial charge in [-0.25, -0.2) is 4.98 Å². The zero-order chi connectivity index (χ0) is 18.1. The Morgan fingerprint density at radius 1 is 1.15 bits per heavy atom. The minimum atomic E-state index is -0.532. The summed E-state index contributed by atoms with van der Waals surface area (Å²) in [6.45, 7) is 0. The molecule has 0 atom stereocenters. The molecule has 1 aromatic carbocycles. The second kappa shape index (κ2) is 5.20. The van der Waals surface area contributed by atoms with Crippen LogP contribution in [-0.4, -0.2) is 16.8 Å². The largest absolute Gasteiger partial charge is 0.444 e. The first kappa shape index (κ1) is 16.1. The first-order chi connectivity index (χ1) is 12.4. The topological polar surface area (TPSA) is 85.3 Å². The van der Waals surface area contributed by atoms with Crippen LogP contribution in [0.1, 0.15) is 35.7 Å². The van der Waals surface area contributed by atoms with Crippen molar-refractivity contribution in [2.45, 2.75) is 24.7 Å². The van der Waals surface area contributed by atoms with E-state index < -0.39 is 11.3 Å². The average molecular weight is 436 g/mol. The number of halogens is 2. The van der Waals surface area contributed by atoms with Gasteiger partial charge in [-0.1, -0.05) is 11.6 Å². The monoisotopic (exact) mass is 434 g/mol. The molecule has 8 heteroatoms. The van der Waals surface area contributed by atoms with Crippen molar-refractivity contribution in [2.24, 2.45) is 5.41 Å². The van der Waals surface area contributed by atoms with Crippen LogP contribution in [0.3, 0.4) is 0 Å². The maximum atomic E-state index is 12.5. The summed E-state index contributed by atoms with van der Waals surface area (Å²) in [6, 6.07) is 8.43. The molecule has 0 saturated heterocycles. The number of hydrogen-bond acceptors (Lipinski definition) is 5. The molecule has 0 unspecified atom stereocenters. The van der Waals surface area contributed by atoms with Crippen molar-refractivity contribution in [1.82, 2.24) is 10.3 Å². The quantitative estimate of drug-likeness (QED) is 0.623. The number of carbonyl (C=O) groups excluding carboxylic acids is 2. The van der Waals surface area contributed by atoms with Gasteiger partial charge in [-0.3, -0.25) is 14.9 Å². The number of amides is 2. The first-order valence-corrected chi connectivity index (χ1v) is 9.24. The summed E-state index contributed by atoms with van der Waals surface area (Å²) in [7, 11) is 0. The number of furan rings is 1. The summed E-state index contributed by atoms with van der Waals surface area (Å²) in [6.07, 6.45) is 1.88. The Kier molecular flexibility index (Phi) is 3.22. The summed E-state index contributed by atoms with van der Waals surface area (Å²) < 4.78 is 11.5. The molecule has 2 aromatic heterocycles. The van der Waals surface area contributed by atoms with Crippen LogP contribution in [0.5, 0.6) is 0 Å². The predicted octanol–water partition coefficient (Wildman–Crippen LogP) is 4.22. The summed E-state index contributed by atoms with van der Waals surface area (Å²) >= 11 is 9.12. The van der Waals surface area contributed by atoms with Crippen LogP contribution in [0.2, 0.25) is 5.02 Å². The predicted molar refractivity (Wildman–Crippen MR) is 95.9 cm³/mol. The smallest absolute Gasteiger partial charge is 0.293 e. The van der Waals surface area contributed by atoms with Crippen molar-refractivity contribution in [2.75, 3.05) is 0 Å². The fraction of sp³-hybridized carbons (Fsp3) is 0.278.